The number of benzene rings is 2. The van der Waals surface area contributed by atoms with Crippen LogP contribution in [0.15, 0.2) is 47.8 Å². The molecule has 1 aromatic heterocycles. The van der Waals surface area contributed by atoms with Gasteiger partial charge in [-0.2, -0.15) is 0 Å². The number of hydrogen-bond acceptors (Lipinski definition) is 7. The Morgan fingerprint density at radius 3 is 2.55 bits per heavy atom. The van der Waals surface area contributed by atoms with E-state index in [0.717, 1.165) is 30.2 Å². The van der Waals surface area contributed by atoms with Gasteiger partial charge in [0.2, 0.25) is 0 Å². The van der Waals surface area contributed by atoms with E-state index in [4.69, 9.17) is 9.47 Å². The van der Waals surface area contributed by atoms with E-state index in [9.17, 15) is 19.7 Å². The summed E-state index contributed by atoms with van der Waals surface area (Å²) in [5.41, 5.74) is 1.66. The Morgan fingerprint density at radius 1 is 1.12 bits per heavy atom. The predicted octanol–water partition coefficient (Wildman–Crippen LogP) is 4.52. The topological polar surface area (TPSA) is 111 Å². The van der Waals surface area contributed by atoms with E-state index in [1.807, 2.05) is 11.4 Å². The van der Waals surface area contributed by atoms with Crippen molar-refractivity contribution in [2.45, 2.75) is 12.8 Å². The lowest BCUT2D eigenvalue weighted by atomic mass is 10.0. The van der Waals surface area contributed by atoms with Gasteiger partial charge in [-0.1, -0.05) is 6.07 Å². The van der Waals surface area contributed by atoms with Gasteiger partial charge in [0.15, 0.2) is 11.5 Å². The van der Waals surface area contributed by atoms with Gasteiger partial charge in [0, 0.05) is 24.0 Å². The highest BCUT2D eigenvalue weighted by molar-refractivity contribution is 7.12. The van der Waals surface area contributed by atoms with Crippen LogP contribution >= 0.6 is 11.3 Å². The summed E-state index contributed by atoms with van der Waals surface area (Å²) in [5.74, 6) is -0.333. The number of ether oxygens (including phenoxy) is 2. The first-order valence-corrected chi connectivity index (χ1v) is 11.0. The first-order chi connectivity index (χ1) is 15.9. The SMILES string of the molecule is COc1cc(C(=O)Nc2ccc3c(c2)CCCN3C(=O)c2cccs2)c([N+](=O)[O-])cc1OC. The number of nitrogens with zero attached hydrogens (tertiary/aromatic N) is 2. The number of amides is 2. The molecule has 0 aliphatic carbocycles. The zero-order chi connectivity index (χ0) is 23.5. The van der Waals surface area contributed by atoms with Gasteiger partial charge in [-0.3, -0.25) is 19.7 Å². The van der Waals surface area contributed by atoms with E-state index >= 15 is 0 Å². The fourth-order valence-corrected chi connectivity index (χ4v) is 4.49. The number of fused-ring (bicyclic) bond motifs is 1. The minimum atomic E-state index is -0.648. The minimum Gasteiger partial charge on any atom is -0.493 e. The second-order valence-electron chi connectivity index (χ2n) is 7.32. The highest BCUT2D eigenvalue weighted by Crippen LogP contribution is 2.36. The lowest BCUT2D eigenvalue weighted by Gasteiger charge is -2.29. The van der Waals surface area contributed by atoms with E-state index < -0.39 is 16.5 Å². The van der Waals surface area contributed by atoms with Crippen molar-refractivity contribution in [3.05, 3.63) is 74.0 Å². The molecule has 4 rings (SSSR count). The summed E-state index contributed by atoms with van der Waals surface area (Å²) in [6, 6.07) is 11.4. The van der Waals surface area contributed by atoms with E-state index in [0.29, 0.717) is 17.1 Å². The summed E-state index contributed by atoms with van der Waals surface area (Å²) in [6.07, 6.45) is 1.55. The molecule has 0 unspecified atom stereocenters. The lowest BCUT2D eigenvalue weighted by molar-refractivity contribution is -0.385. The van der Waals surface area contributed by atoms with E-state index in [-0.39, 0.29) is 23.0 Å². The summed E-state index contributed by atoms with van der Waals surface area (Å²) in [6.45, 7) is 0.618. The summed E-state index contributed by atoms with van der Waals surface area (Å²) < 4.78 is 10.3. The van der Waals surface area contributed by atoms with Crippen LogP contribution in [0.25, 0.3) is 0 Å². The van der Waals surface area contributed by atoms with Crippen molar-refractivity contribution in [2.75, 3.05) is 31.0 Å². The Kier molecular flexibility index (Phi) is 6.27. The number of hydrogen-bond donors (Lipinski definition) is 1. The maximum atomic E-state index is 12.9. The summed E-state index contributed by atoms with van der Waals surface area (Å²) in [4.78, 5) is 39.1. The molecule has 0 spiro atoms. The summed E-state index contributed by atoms with van der Waals surface area (Å²) >= 11 is 1.40. The zero-order valence-corrected chi connectivity index (χ0v) is 18.8. The van der Waals surface area contributed by atoms with Crippen LogP contribution < -0.4 is 19.7 Å². The van der Waals surface area contributed by atoms with E-state index in [2.05, 4.69) is 5.32 Å². The number of rotatable bonds is 6. The molecular weight excluding hydrogens is 446 g/mol. The van der Waals surface area contributed by atoms with Crippen LogP contribution in [0.5, 0.6) is 11.5 Å². The molecule has 2 amide bonds. The number of anilines is 2. The molecule has 0 fully saturated rings. The van der Waals surface area contributed by atoms with Crippen molar-refractivity contribution < 1.29 is 24.0 Å². The molecule has 0 saturated heterocycles. The molecule has 0 atom stereocenters. The number of carbonyl (C=O) groups excluding carboxylic acids is 2. The molecule has 2 aromatic carbocycles. The van der Waals surface area contributed by atoms with Gasteiger partial charge in [0.25, 0.3) is 17.5 Å². The van der Waals surface area contributed by atoms with Crippen molar-refractivity contribution in [1.29, 1.82) is 0 Å². The number of methoxy groups -OCH3 is 2. The zero-order valence-electron chi connectivity index (χ0n) is 18.0. The lowest BCUT2D eigenvalue weighted by Crippen LogP contribution is -2.35. The Morgan fingerprint density at radius 2 is 1.88 bits per heavy atom. The van der Waals surface area contributed by atoms with Gasteiger partial charge in [0.05, 0.1) is 30.1 Å². The van der Waals surface area contributed by atoms with Crippen LogP contribution in [0, 0.1) is 10.1 Å². The third-order valence-corrected chi connectivity index (χ3v) is 6.23. The average molecular weight is 468 g/mol. The van der Waals surface area contributed by atoms with Crippen LogP contribution in [-0.4, -0.2) is 37.5 Å². The Bertz CT molecular complexity index is 1230. The molecule has 0 radical (unpaired) electrons. The molecule has 1 aliphatic rings. The normalized spacial score (nSPS) is 12.6. The second-order valence-corrected chi connectivity index (χ2v) is 8.26. The number of carbonyl (C=O) groups is 2. The average Bonchev–Trinajstić information content (AvgIpc) is 3.37. The second kappa shape index (κ2) is 9.29. The minimum absolute atomic E-state index is 0.0521. The van der Waals surface area contributed by atoms with Crippen molar-refractivity contribution >= 4 is 40.2 Å². The molecule has 3 aromatic rings. The quantitative estimate of drug-likeness (QED) is 0.422. The molecule has 0 bridgehead atoms. The van der Waals surface area contributed by atoms with Crippen molar-refractivity contribution in [2.24, 2.45) is 0 Å². The van der Waals surface area contributed by atoms with E-state index in [1.165, 1.54) is 31.6 Å². The number of thiophene rings is 1. The van der Waals surface area contributed by atoms with Gasteiger partial charge in [0.1, 0.15) is 5.56 Å². The molecule has 170 valence electrons. The Hall–Kier alpha value is -3.92. The van der Waals surface area contributed by atoms with Crippen LogP contribution in [0.1, 0.15) is 32.0 Å². The van der Waals surface area contributed by atoms with Gasteiger partial charge in [-0.05, 0) is 48.1 Å². The molecule has 1 aliphatic heterocycles. The van der Waals surface area contributed by atoms with Gasteiger partial charge < -0.3 is 19.7 Å². The molecule has 0 saturated carbocycles. The fourth-order valence-electron chi connectivity index (χ4n) is 3.82. The van der Waals surface area contributed by atoms with Crippen molar-refractivity contribution in [3.63, 3.8) is 0 Å². The third kappa shape index (κ3) is 4.37. The molecule has 9 nitrogen and oxygen atoms in total. The number of nitrogens with one attached hydrogen (secondary N) is 1. The first-order valence-electron chi connectivity index (χ1n) is 10.1. The smallest absolute Gasteiger partial charge is 0.286 e. The number of nitro benzene ring substituents is 1. The third-order valence-electron chi connectivity index (χ3n) is 5.38. The monoisotopic (exact) mass is 467 g/mol. The molecular formula is C23H21N3O6S. The highest BCUT2D eigenvalue weighted by Gasteiger charge is 2.27. The first kappa shape index (κ1) is 22.3. The largest absolute Gasteiger partial charge is 0.493 e. The standard InChI is InChI=1S/C23H21N3O6S/c1-31-19-12-16(18(26(29)30)13-20(19)32-2)22(27)24-15-7-8-17-14(11-15)5-3-9-25(17)23(28)21-6-4-10-33-21/h4,6-8,10-13H,3,5,9H2,1-2H3,(H,24,27). The summed E-state index contributed by atoms with van der Waals surface area (Å²) in [7, 11) is 2.75. The summed E-state index contributed by atoms with van der Waals surface area (Å²) in [5, 5.41) is 16.1. The molecule has 2 heterocycles. The van der Waals surface area contributed by atoms with Crippen molar-refractivity contribution in [1.82, 2.24) is 0 Å². The number of nitro groups is 1. The van der Waals surface area contributed by atoms with Crippen LogP contribution in [0.3, 0.4) is 0 Å². The number of aryl methyl sites for hydroxylation is 1. The molecule has 1 N–H and O–H groups in total. The van der Waals surface area contributed by atoms with Gasteiger partial charge in [-0.15, -0.1) is 11.3 Å². The molecule has 33 heavy (non-hydrogen) atoms. The van der Waals surface area contributed by atoms with Crippen LogP contribution in [0.2, 0.25) is 0 Å². The Labute approximate surface area is 193 Å². The van der Waals surface area contributed by atoms with Gasteiger partial charge in [-0.25, -0.2) is 0 Å². The predicted molar refractivity (Wildman–Crippen MR) is 125 cm³/mol. The molecule has 10 heteroatoms. The maximum absolute atomic E-state index is 12.9. The van der Waals surface area contributed by atoms with Crippen LogP contribution in [0.4, 0.5) is 17.1 Å². The van der Waals surface area contributed by atoms with E-state index in [1.54, 1.807) is 29.2 Å². The van der Waals surface area contributed by atoms with Gasteiger partial charge >= 0.3 is 0 Å². The van der Waals surface area contributed by atoms with Crippen molar-refractivity contribution in [3.8, 4) is 11.5 Å². The van der Waals surface area contributed by atoms with Crippen LogP contribution in [-0.2, 0) is 6.42 Å². The fraction of sp³-hybridized carbons (Fsp3) is 0.217. The maximum Gasteiger partial charge on any atom is 0.286 e. The highest BCUT2D eigenvalue weighted by atomic mass is 32.1. The Balaban J connectivity index is 1.61.